The number of hydrogen-bond acceptors (Lipinski definition) is 4. The van der Waals surface area contributed by atoms with Gasteiger partial charge in [0.05, 0.1) is 0 Å². The third-order valence-electron chi connectivity index (χ3n) is 1.24. The summed E-state index contributed by atoms with van der Waals surface area (Å²) in [5.74, 6) is 0. The summed E-state index contributed by atoms with van der Waals surface area (Å²) in [6.45, 7) is 12.8. The van der Waals surface area contributed by atoms with E-state index < -0.39 is 7.82 Å². The molecule has 0 aromatic heterocycles. The number of nitrogens with one attached hydrogen (secondary N) is 2. The Morgan fingerprint density at radius 1 is 0.938 bits per heavy atom. The first kappa shape index (κ1) is 21.3. The Balaban J connectivity index is -0.000000160. The van der Waals surface area contributed by atoms with E-state index in [0.717, 1.165) is 33.3 Å². The minimum atomic E-state index is -4.15. The van der Waals surface area contributed by atoms with Crippen molar-refractivity contribution in [2.24, 2.45) is 0 Å². The molecule has 0 aliphatic carbocycles. The summed E-state index contributed by atoms with van der Waals surface area (Å²) >= 11 is 0. The molecule has 0 heterocycles. The number of phosphoric acid groups is 1. The first-order valence-corrected chi connectivity index (χ1v) is 6.95. The van der Waals surface area contributed by atoms with Crippen LogP contribution in [0.4, 0.5) is 0 Å². The average molecular weight is 258 g/mol. The SMILES string of the molecule is CCNCC.CCNCC.COP(=O)(O)O. The van der Waals surface area contributed by atoms with Crippen LogP contribution in [-0.4, -0.2) is 43.1 Å². The highest BCUT2D eigenvalue weighted by Gasteiger charge is 2.07. The van der Waals surface area contributed by atoms with Gasteiger partial charge in [0, 0.05) is 7.11 Å². The molecule has 0 aromatic carbocycles. The largest absolute Gasteiger partial charge is 0.469 e. The van der Waals surface area contributed by atoms with Crippen LogP contribution in [0, 0.1) is 0 Å². The fourth-order valence-electron chi connectivity index (χ4n) is 0.500. The molecule has 0 bridgehead atoms. The van der Waals surface area contributed by atoms with Crippen molar-refractivity contribution < 1.29 is 18.9 Å². The van der Waals surface area contributed by atoms with Crippen molar-refractivity contribution in [1.29, 1.82) is 0 Å². The lowest BCUT2D eigenvalue weighted by Gasteiger charge is -1.93. The van der Waals surface area contributed by atoms with Crippen molar-refractivity contribution in [3.05, 3.63) is 0 Å². The average Bonchev–Trinajstić information content (AvgIpc) is 2.21. The maximum Gasteiger partial charge on any atom is 0.469 e. The van der Waals surface area contributed by atoms with Gasteiger partial charge in [0.1, 0.15) is 0 Å². The lowest BCUT2D eigenvalue weighted by molar-refractivity contribution is 0.235. The van der Waals surface area contributed by atoms with Crippen molar-refractivity contribution in [3.63, 3.8) is 0 Å². The van der Waals surface area contributed by atoms with Crippen LogP contribution in [0.3, 0.4) is 0 Å². The van der Waals surface area contributed by atoms with Gasteiger partial charge in [-0.2, -0.15) is 0 Å². The molecule has 0 rings (SSSR count). The second-order valence-corrected chi connectivity index (χ2v) is 3.93. The molecule has 102 valence electrons. The molecule has 0 radical (unpaired) electrons. The fraction of sp³-hybridized carbons (Fsp3) is 1.00. The highest BCUT2D eigenvalue weighted by atomic mass is 31.2. The molecule has 0 amide bonds. The van der Waals surface area contributed by atoms with Gasteiger partial charge in [-0.3, -0.25) is 4.52 Å². The maximum atomic E-state index is 9.47. The smallest absolute Gasteiger partial charge is 0.317 e. The molecule has 4 N–H and O–H groups in total. The molecule has 0 saturated carbocycles. The zero-order valence-corrected chi connectivity index (χ0v) is 11.9. The van der Waals surface area contributed by atoms with Crippen LogP contribution < -0.4 is 10.6 Å². The molecule has 6 nitrogen and oxygen atoms in total. The first-order valence-electron chi connectivity index (χ1n) is 5.42. The third kappa shape index (κ3) is 48.2. The van der Waals surface area contributed by atoms with Crippen LogP contribution in [0.2, 0.25) is 0 Å². The molecule has 0 fully saturated rings. The van der Waals surface area contributed by atoms with Crippen LogP contribution in [-0.2, 0) is 9.09 Å². The monoisotopic (exact) mass is 258 g/mol. The van der Waals surface area contributed by atoms with Crippen LogP contribution in [0.25, 0.3) is 0 Å². The second kappa shape index (κ2) is 17.4. The summed E-state index contributed by atoms with van der Waals surface area (Å²) in [7, 11) is -3.20. The summed E-state index contributed by atoms with van der Waals surface area (Å²) < 4.78 is 13.1. The van der Waals surface area contributed by atoms with Crippen molar-refractivity contribution in [3.8, 4) is 0 Å². The molecule has 7 heteroatoms. The molecule has 0 aromatic rings. The first-order chi connectivity index (χ1) is 7.39. The number of hydrogen-bond donors (Lipinski definition) is 4. The summed E-state index contributed by atoms with van der Waals surface area (Å²) in [6, 6.07) is 0. The Hall–Kier alpha value is 0.0300. The topological polar surface area (TPSA) is 90.8 Å². The molecule has 0 aliphatic heterocycles. The molecule has 0 spiro atoms. The van der Waals surface area contributed by atoms with E-state index in [4.69, 9.17) is 9.79 Å². The third-order valence-corrected chi connectivity index (χ3v) is 1.71. The zero-order valence-electron chi connectivity index (χ0n) is 11.0. The predicted molar refractivity (Wildman–Crippen MR) is 67.5 cm³/mol. The van der Waals surface area contributed by atoms with Gasteiger partial charge in [0.2, 0.25) is 0 Å². The van der Waals surface area contributed by atoms with E-state index in [-0.39, 0.29) is 0 Å². The Morgan fingerprint density at radius 2 is 1.12 bits per heavy atom. The van der Waals surface area contributed by atoms with Gasteiger partial charge in [-0.1, -0.05) is 27.7 Å². The Bertz CT molecular complexity index is 142. The Morgan fingerprint density at radius 3 is 1.12 bits per heavy atom. The fourth-order valence-corrected chi connectivity index (χ4v) is 0.500. The molecule has 0 aliphatic rings. The van der Waals surface area contributed by atoms with Gasteiger partial charge in [-0.15, -0.1) is 0 Å². The summed E-state index contributed by atoms with van der Waals surface area (Å²) in [4.78, 5) is 15.4. The molecular formula is C9H27N2O4P. The van der Waals surface area contributed by atoms with Gasteiger partial charge in [-0.05, 0) is 26.2 Å². The van der Waals surface area contributed by atoms with Gasteiger partial charge in [0.25, 0.3) is 0 Å². The van der Waals surface area contributed by atoms with Gasteiger partial charge < -0.3 is 20.4 Å². The number of rotatable bonds is 5. The van der Waals surface area contributed by atoms with Gasteiger partial charge in [-0.25, -0.2) is 4.57 Å². The van der Waals surface area contributed by atoms with Crippen molar-refractivity contribution in [2.45, 2.75) is 27.7 Å². The number of phosphoric ester groups is 1. The summed E-state index contributed by atoms with van der Waals surface area (Å²) in [5, 5.41) is 6.22. The van der Waals surface area contributed by atoms with Gasteiger partial charge >= 0.3 is 7.82 Å². The normalized spacial score (nSPS) is 9.69. The van der Waals surface area contributed by atoms with Crippen LogP contribution in [0.1, 0.15) is 27.7 Å². The minimum Gasteiger partial charge on any atom is -0.317 e. The van der Waals surface area contributed by atoms with Crippen molar-refractivity contribution in [1.82, 2.24) is 10.6 Å². The van der Waals surface area contributed by atoms with Crippen LogP contribution >= 0.6 is 7.82 Å². The van der Waals surface area contributed by atoms with Crippen molar-refractivity contribution in [2.75, 3.05) is 33.3 Å². The molecule has 0 unspecified atom stereocenters. The highest BCUT2D eigenvalue weighted by Crippen LogP contribution is 2.33. The molecular weight excluding hydrogens is 231 g/mol. The van der Waals surface area contributed by atoms with E-state index in [1.165, 1.54) is 0 Å². The van der Waals surface area contributed by atoms with E-state index in [1.807, 2.05) is 0 Å². The van der Waals surface area contributed by atoms with Crippen LogP contribution in [0.15, 0.2) is 0 Å². The van der Waals surface area contributed by atoms with E-state index in [2.05, 4.69) is 42.9 Å². The minimum absolute atomic E-state index is 0.945. The highest BCUT2D eigenvalue weighted by molar-refractivity contribution is 7.46. The molecule has 0 atom stereocenters. The van der Waals surface area contributed by atoms with E-state index >= 15 is 0 Å². The predicted octanol–water partition coefficient (Wildman–Crippen LogP) is 0.957. The molecule has 16 heavy (non-hydrogen) atoms. The zero-order chi connectivity index (χ0) is 13.4. The second-order valence-electron chi connectivity index (χ2n) is 2.59. The lowest BCUT2D eigenvalue weighted by atomic mass is 10.7. The lowest BCUT2D eigenvalue weighted by Crippen LogP contribution is -2.09. The summed E-state index contributed by atoms with van der Waals surface area (Å²) in [5.41, 5.74) is 0. The molecule has 0 saturated heterocycles. The van der Waals surface area contributed by atoms with Gasteiger partial charge in [0.15, 0.2) is 0 Å². The standard InChI is InChI=1S/2C4H11N.CH5O4P/c2*1-3-5-4-2;1-5-6(2,3)4/h2*5H,3-4H2,1-2H3;1H3,(H2,2,3,4). The van der Waals surface area contributed by atoms with Crippen LogP contribution in [0.5, 0.6) is 0 Å². The van der Waals surface area contributed by atoms with E-state index in [1.54, 1.807) is 0 Å². The maximum absolute atomic E-state index is 9.47. The van der Waals surface area contributed by atoms with E-state index in [0.29, 0.717) is 0 Å². The van der Waals surface area contributed by atoms with Crippen molar-refractivity contribution >= 4 is 7.82 Å². The summed E-state index contributed by atoms with van der Waals surface area (Å²) in [6.07, 6.45) is 0. The Kier molecular flexibility index (Phi) is 23.2. The quantitative estimate of drug-likeness (QED) is 0.549. The van der Waals surface area contributed by atoms with E-state index in [9.17, 15) is 4.57 Å². The Labute approximate surface area is 99.0 Å².